The molecule has 88 valence electrons. The van der Waals surface area contributed by atoms with Crippen LogP contribution in [0, 0.1) is 0 Å². The van der Waals surface area contributed by atoms with Crippen LogP contribution in [0.25, 0.3) is 0 Å². The van der Waals surface area contributed by atoms with Gasteiger partial charge in [-0.2, -0.15) is 0 Å². The van der Waals surface area contributed by atoms with Gasteiger partial charge in [-0.1, -0.05) is 48.0 Å². The van der Waals surface area contributed by atoms with Crippen LogP contribution < -0.4 is 5.32 Å². The second kappa shape index (κ2) is 5.66. The molecule has 2 N–H and O–H groups in total. The molecular formula is C13H13ClN2O. The minimum Gasteiger partial charge on any atom is -0.394 e. The van der Waals surface area contributed by atoms with Gasteiger partial charge in [0.2, 0.25) is 0 Å². The van der Waals surface area contributed by atoms with Crippen LogP contribution >= 0.6 is 11.6 Å². The molecule has 1 unspecified atom stereocenters. The Morgan fingerprint density at radius 3 is 2.53 bits per heavy atom. The zero-order valence-corrected chi connectivity index (χ0v) is 9.93. The number of aliphatic hydroxyl groups is 1. The molecule has 17 heavy (non-hydrogen) atoms. The molecule has 0 fully saturated rings. The molecule has 0 radical (unpaired) electrons. The molecule has 4 heteroatoms. The Labute approximate surface area is 105 Å². The lowest BCUT2D eigenvalue weighted by atomic mass is 10.1. The van der Waals surface area contributed by atoms with Gasteiger partial charge in [0.1, 0.15) is 11.0 Å². The standard InChI is InChI=1S/C13H13ClN2O/c14-12-7-4-8-13(16-12)15-11(9-17)10-5-2-1-3-6-10/h1-8,11,17H,9H2,(H,15,16). The predicted octanol–water partition coefficient (Wildman–Crippen LogP) is 2.88. The third-order valence-corrected chi connectivity index (χ3v) is 2.63. The van der Waals surface area contributed by atoms with E-state index in [-0.39, 0.29) is 12.6 Å². The number of halogens is 1. The van der Waals surface area contributed by atoms with Gasteiger partial charge in [0.15, 0.2) is 0 Å². The summed E-state index contributed by atoms with van der Waals surface area (Å²) in [4.78, 5) is 4.13. The number of benzene rings is 1. The summed E-state index contributed by atoms with van der Waals surface area (Å²) in [5.74, 6) is 0.653. The third kappa shape index (κ3) is 3.19. The molecule has 0 aliphatic rings. The molecule has 2 rings (SSSR count). The van der Waals surface area contributed by atoms with Gasteiger partial charge >= 0.3 is 0 Å². The second-order valence-corrected chi connectivity index (χ2v) is 4.02. The normalized spacial score (nSPS) is 12.1. The van der Waals surface area contributed by atoms with Gasteiger partial charge in [-0.25, -0.2) is 4.98 Å². The highest BCUT2D eigenvalue weighted by Gasteiger charge is 2.10. The lowest BCUT2D eigenvalue weighted by Gasteiger charge is -2.17. The molecular weight excluding hydrogens is 236 g/mol. The molecule has 0 saturated carbocycles. The summed E-state index contributed by atoms with van der Waals surface area (Å²) in [5, 5.41) is 13.0. The van der Waals surface area contributed by atoms with Gasteiger partial charge in [-0.3, -0.25) is 0 Å². The summed E-state index contributed by atoms with van der Waals surface area (Å²) in [6, 6.07) is 14.9. The number of nitrogens with one attached hydrogen (secondary N) is 1. The van der Waals surface area contributed by atoms with Gasteiger partial charge in [-0.15, -0.1) is 0 Å². The van der Waals surface area contributed by atoms with Crippen molar-refractivity contribution in [2.75, 3.05) is 11.9 Å². The van der Waals surface area contributed by atoms with Crippen LogP contribution in [-0.2, 0) is 0 Å². The number of nitrogens with zero attached hydrogens (tertiary/aromatic N) is 1. The summed E-state index contributed by atoms with van der Waals surface area (Å²) in [6.07, 6.45) is 0. The highest BCUT2D eigenvalue weighted by molar-refractivity contribution is 6.29. The van der Waals surface area contributed by atoms with E-state index in [4.69, 9.17) is 11.6 Å². The zero-order valence-electron chi connectivity index (χ0n) is 9.18. The van der Waals surface area contributed by atoms with Crippen molar-refractivity contribution < 1.29 is 5.11 Å². The van der Waals surface area contributed by atoms with Crippen molar-refractivity contribution in [3.8, 4) is 0 Å². The van der Waals surface area contributed by atoms with E-state index < -0.39 is 0 Å². The van der Waals surface area contributed by atoms with Crippen molar-refractivity contribution in [2.24, 2.45) is 0 Å². The summed E-state index contributed by atoms with van der Waals surface area (Å²) in [7, 11) is 0. The monoisotopic (exact) mass is 248 g/mol. The van der Waals surface area contributed by atoms with E-state index >= 15 is 0 Å². The Balaban J connectivity index is 2.16. The SMILES string of the molecule is OCC(Nc1cccc(Cl)n1)c1ccccc1. The van der Waals surface area contributed by atoms with Crippen molar-refractivity contribution in [2.45, 2.75) is 6.04 Å². The van der Waals surface area contributed by atoms with E-state index in [9.17, 15) is 5.11 Å². The number of aliphatic hydroxyl groups excluding tert-OH is 1. The number of hydrogen-bond donors (Lipinski definition) is 2. The van der Waals surface area contributed by atoms with Crippen LogP contribution in [0.4, 0.5) is 5.82 Å². The summed E-state index contributed by atoms with van der Waals surface area (Å²) < 4.78 is 0. The fourth-order valence-electron chi connectivity index (χ4n) is 1.59. The molecule has 2 aromatic rings. The van der Waals surface area contributed by atoms with Gasteiger partial charge in [0.25, 0.3) is 0 Å². The first-order valence-corrected chi connectivity index (χ1v) is 5.72. The van der Waals surface area contributed by atoms with E-state index in [1.807, 2.05) is 42.5 Å². The van der Waals surface area contributed by atoms with Crippen molar-refractivity contribution in [3.63, 3.8) is 0 Å². The molecule has 0 aliphatic heterocycles. The van der Waals surface area contributed by atoms with Gasteiger partial charge in [0.05, 0.1) is 12.6 Å². The average Bonchev–Trinajstić information content (AvgIpc) is 2.37. The summed E-state index contributed by atoms with van der Waals surface area (Å²) in [5.41, 5.74) is 1.01. The van der Waals surface area contributed by atoms with Crippen LogP contribution in [0.3, 0.4) is 0 Å². The van der Waals surface area contributed by atoms with Gasteiger partial charge in [-0.05, 0) is 17.7 Å². The van der Waals surface area contributed by atoms with Crippen molar-refractivity contribution in [1.29, 1.82) is 0 Å². The lowest BCUT2D eigenvalue weighted by molar-refractivity contribution is 0.276. The highest BCUT2D eigenvalue weighted by Crippen LogP contribution is 2.18. The largest absolute Gasteiger partial charge is 0.394 e. The third-order valence-electron chi connectivity index (χ3n) is 2.42. The maximum atomic E-state index is 9.39. The fraction of sp³-hybridized carbons (Fsp3) is 0.154. The highest BCUT2D eigenvalue weighted by atomic mass is 35.5. The quantitative estimate of drug-likeness (QED) is 0.818. The van der Waals surface area contributed by atoms with E-state index in [0.29, 0.717) is 11.0 Å². The van der Waals surface area contributed by atoms with Crippen LogP contribution in [-0.4, -0.2) is 16.7 Å². The molecule has 0 saturated heterocycles. The average molecular weight is 249 g/mol. The minimum absolute atomic E-state index is 0.00178. The molecule has 1 aromatic heterocycles. The maximum absolute atomic E-state index is 9.39. The van der Waals surface area contributed by atoms with E-state index in [1.54, 1.807) is 6.07 Å². The molecule has 1 heterocycles. The molecule has 0 bridgehead atoms. The van der Waals surface area contributed by atoms with Gasteiger partial charge in [0, 0.05) is 0 Å². The van der Waals surface area contributed by atoms with Crippen molar-refractivity contribution in [1.82, 2.24) is 4.98 Å². The first-order chi connectivity index (χ1) is 8.29. The van der Waals surface area contributed by atoms with E-state index in [2.05, 4.69) is 10.3 Å². The fourth-order valence-corrected chi connectivity index (χ4v) is 1.75. The zero-order chi connectivity index (χ0) is 12.1. The summed E-state index contributed by atoms with van der Waals surface area (Å²) in [6.45, 7) is -0.00178. The maximum Gasteiger partial charge on any atom is 0.131 e. The Morgan fingerprint density at radius 2 is 1.88 bits per heavy atom. The van der Waals surface area contributed by atoms with E-state index in [1.165, 1.54) is 0 Å². The van der Waals surface area contributed by atoms with Crippen LogP contribution in [0.2, 0.25) is 5.15 Å². The predicted molar refractivity (Wildman–Crippen MR) is 69.1 cm³/mol. The number of anilines is 1. The van der Waals surface area contributed by atoms with Gasteiger partial charge < -0.3 is 10.4 Å². The van der Waals surface area contributed by atoms with Crippen molar-refractivity contribution in [3.05, 3.63) is 59.2 Å². The second-order valence-electron chi connectivity index (χ2n) is 3.64. The number of rotatable bonds is 4. The molecule has 1 atom stereocenters. The smallest absolute Gasteiger partial charge is 0.131 e. The van der Waals surface area contributed by atoms with E-state index in [0.717, 1.165) is 5.56 Å². The molecule has 3 nitrogen and oxygen atoms in total. The Hall–Kier alpha value is -1.58. The number of hydrogen-bond acceptors (Lipinski definition) is 3. The first-order valence-electron chi connectivity index (χ1n) is 5.34. The molecule has 0 aliphatic carbocycles. The molecule has 0 amide bonds. The number of aromatic nitrogens is 1. The lowest BCUT2D eigenvalue weighted by Crippen LogP contribution is -2.15. The van der Waals surface area contributed by atoms with Crippen LogP contribution in [0.1, 0.15) is 11.6 Å². The first kappa shape index (κ1) is 11.9. The Bertz CT molecular complexity index is 476. The number of pyridine rings is 1. The Morgan fingerprint density at radius 1 is 1.12 bits per heavy atom. The van der Waals surface area contributed by atoms with Crippen LogP contribution in [0.15, 0.2) is 48.5 Å². The molecule has 1 aromatic carbocycles. The Kier molecular flexibility index (Phi) is 3.96. The van der Waals surface area contributed by atoms with Crippen LogP contribution in [0.5, 0.6) is 0 Å². The van der Waals surface area contributed by atoms with Crippen molar-refractivity contribution >= 4 is 17.4 Å². The molecule has 0 spiro atoms. The summed E-state index contributed by atoms with van der Waals surface area (Å²) >= 11 is 5.80. The topological polar surface area (TPSA) is 45.1 Å². The minimum atomic E-state index is -0.179.